The summed E-state index contributed by atoms with van der Waals surface area (Å²) in [7, 11) is 0. The molecule has 0 aliphatic rings. The second-order valence-corrected chi connectivity index (χ2v) is 3.78. The number of H-pyrrole nitrogens is 1. The molecule has 0 unspecified atom stereocenters. The van der Waals surface area contributed by atoms with Crippen molar-refractivity contribution in [2.75, 3.05) is 0 Å². The average Bonchev–Trinajstić information content (AvgIpc) is 2.67. The molecule has 0 spiro atoms. The highest BCUT2D eigenvalue weighted by molar-refractivity contribution is 9.10. The van der Waals surface area contributed by atoms with E-state index in [1.54, 1.807) is 6.20 Å². The van der Waals surface area contributed by atoms with E-state index in [1.165, 1.54) is 0 Å². The van der Waals surface area contributed by atoms with Crippen molar-refractivity contribution in [3.8, 4) is 11.3 Å². The van der Waals surface area contributed by atoms with E-state index in [9.17, 15) is 0 Å². The monoisotopic (exact) mass is 251 g/mol. The van der Waals surface area contributed by atoms with Crippen LogP contribution in [0, 0.1) is 0 Å². The molecule has 0 amide bonds. The third-order valence-electron chi connectivity index (χ3n) is 1.99. The molecule has 2 aromatic rings. The van der Waals surface area contributed by atoms with Crippen LogP contribution in [0.15, 0.2) is 34.9 Å². The minimum Gasteiger partial charge on any atom is -0.341 e. The van der Waals surface area contributed by atoms with Gasteiger partial charge in [0.15, 0.2) is 0 Å². The summed E-state index contributed by atoms with van der Waals surface area (Å²) < 4.78 is 1.05. The average molecular weight is 252 g/mol. The van der Waals surface area contributed by atoms with Gasteiger partial charge in [0.05, 0.1) is 18.4 Å². The maximum Gasteiger partial charge on any atom is 0.120 e. The molecule has 1 heterocycles. The van der Waals surface area contributed by atoms with Crippen molar-refractivity contribution in [2.24, 2.45) is 5.73 Å². The lowest BCUT2D eigenvalue weighted by atomic mass is 10.2. The van der Waals surface area contributed by atoms with Gasteiger partial charge in [-0.25, -0.2) is 4.98 Å². The summed E-state index contributed by atoms with van der Waals surface area (Å²) in [5.74, 6) is 0.802. The van der Waals surface area contributed by atoms with Crippen molar-refractivity contribution >= 4 is 15.9 Å². The van der Waals surface area contributed by atoms with Gasteiger partial charge in [-0.3, -0.25) is 0 Å². The van der Waals surface area contributed by atoms with Crippen molar-refractivity contribution in [3.05, 3.63) is 40.8 Å². The molecule has 3 nitrogen and oxygen atoms in total. The topological polar surface area (TPSA) is 54.7 Å². The first kappa shape index (κ1) is 9.43. The molecule has 0 aliphatic heterocycles. The second kappa shape index (κ2) is 3.94. The van der Waals surface area contributed by atoms with Crippen LogP contribution in [0.25, 0.3) is 11.3 Å². The Morgan fingerprint density at radius 3 is 2.79 bits per heavy atom. The maximum absolute atomic E-state index is 5.47. The zero-order chi connectivity index (χ0) is 9.97. The molecule has 0 saturated heterocycles. The highest BCUT2D eigenvalue weighted by Crippen LogP contribution is 2.25. The summed E-state index contributed by atoms with van der Waals surface area (Å²) >= 11 is 3.49. The fraction of sp³-hybridized carbons (Fsp3) is 0.100. The van der Waals surface area contributed by atoms with Crippen LogP contribution in [0.1, 0.15) is 5.82 Å². The first-order valence-electron chi connectivity index (χ1n) is 4.30. The van der Waals surface area contributed by atoms with Crippen molar-refractivity contribution in [3.63, 3.8) is 0 Å². The smallest absolute Gasteiger partial charge is 0.120 e. The number of nitrogens with one attached hydrogen (secondary N) is 1. The van der Waals surface area contributed by atoms with Crippen molar-refractivity contribution in [2.45, 2.75) is 6.54 Å². The number of nitrogens with zero attached hydrogens (tertiary/aromatic N) is 1. The lowest BCUT2D eigenvalue weighted by Crippen LogP contribution is -1.97. The number of halogens is 1. The predicted octanol–water partition coefficient (Wildman–Crippen LogP) is 2.30. The lowest BCUT2D eigenvalue weighted by Gasteiger charge is -1.99. The van der Waals surface area contributed by atoms with Crippen molar-refractivity contribution in [1.29, 1.82) is 0 Å². The summed E-state index contributed by atoms with van der Waals surface area (Å²) in [6.45, 7) is 0.435. The zero-order valence-corrected chi connectivity index (χ0v) is 9.08. The first-order valence-corrected chi connectivity index (χ1v) is 5.09. The molecular weight excluding hydrogens is 242 g/mol. The van der Waals surface area contributed by atoms with Crippen LogP contribution >= 0.6 is 15.9 Å². The zero-order valence-electron chi connectivity index (χ0n) is 7.50. The predicted molar refractivity (Wildman–Crippen MR) is 59.6 cm³/mol. The third-order valence-corrected chi connectivity index (χ3v) is 2.68. The Bertz CT molecular complexity index is 436. The van der Waals surface area contributed by atoms with E-state index in [4.69, 9.17) is 5.73 Å². The van der Waals surface area contributed by atoms with Gasteiger partial charge in [0.1, 0.15) is 5.82 Å². The van der Waals surface area contributed by atoms with E-state index in [0.717, 1.165) is 21.6 Å². The van der Waals surface area contributed by atoms with Crippen LogP contribution < -0.4 is 5.73 Å². The number of hydrogen-bond donors (Lipinski definition) is 2. The summed E-state index contributed by atoms with van der Waals surface area (Å²) in [4.78, 5) is 7.30. The Morgan fingerprint density at radius 1 is 1.36 bits per heavy atom. The fourth-order valence-corrected chi connectivity index (χ4v) is 1.78. The molecule has 72 valence electrons. The molecule has 0 saturated carbocycles. The summed E-state index contributed by atoms with van der Waals surface area (Å²) in [5.41, 5.74) is 7.55. The second-order valence-electron chi connectivity index (χ2n) is 2.93. The van der Waals surface area contributed by atoms with Crippen LogP contribution in [0.3, 0.4) is 0 Å². The van der Waals surface area contributed by atoms with E-state index < -0.39 is 0 Å². The molecule has 4 heteroatoms. The molecule has 3 N–H and O–H groups in total. The van der Waals surface area contributed by atoms with Gasteiger partial charge in [-0.1, -0.05) is 34.1 Å². The van der Waals surface area contributed by atoms with E-state index >= 15 is 0 Å². The van der Waals surface area contributed by atoms with E-state index in [0.29, 0.717) is 6.54 Å². The molecule has 0 aliphatic carbocycles. The van der Waals surface area contributed by atoms with Gasteiger partial charge in [-0.05, 0) is 6.07 Å². The Kier molecular flexibility index (Phi) is 2.65. The molecule has 0 atom stereocenters. The maximum atomic E-state index is 5.47. The molecule has 0 bridgehead atoms. The molecule has 0 radical (unpaired) electrons. The van der Waals surface area contributed by atoms with Gasteiger partial charge < -0.3 is 10.7 Å². The van der Waals surface area contributed by atoms with Gasteiger partial charge in [0.25, 0.3) is 0 Å². The van der Waals surface area contributed by atoms with E-state index in [2.05, 4.69) is 25.9 Å². The lowest BCUT2D eigenvalue weighted by molar-refractivity contribution is 0.950. The summed E-state index contributed by atoms with van der Waals surface area (Å²) in [5, 5.41) is 0. The van der Waals surface area contributed by atoms with Crippen LogP contribution in [0.4, 0.5) is 0 Å². The minimum absolute atomic E-state index is 0.435. The first-order chi connectivity index (χ1) is 6.81. The third kappa shape index (κ3) is 1.71. The molecule has 0 fully saturated rings. The quantitative estimate of drug-likeness (QED) is 0.861. The number of aromatic amines is 1. The number of nitrogens with two attached hydrogens (primary N) is 1. The Labute approximate surface area is 90.5 Å². The Balaban J connectivity index is 2.44. The summed E-state index contributed by atoms with van der Waals surface area (Å²) in [6, 6.07) is 7.99. The highest BCUT2D eigenvalue weighted by atomic mass is 79.9. The number of aromatic nitrogens is 2. The van der Waals surface area contributed by atoms with Crippen LogP contribution in [0.2, 0.25) is 0 Å². The Morgan fingerprint density at radius 2 is 2.14 bits per heavy atom. The number of rotatable bonds is 2. The van der Waals surface area contributed by atoms with Crippen LogP contribution in [-0.2, 0) is 6.54 Å². The van der Waals surface area contributed by atoms with E-state index in [-0.39, 0.29) is 0 Å². The van der Waals surface area contributed by atoms with Gasteiger partial charge in [-0.15, -0.1) is 0 Å². The van der Waals surface area contributed by atoms with Gasteiger partial charge in [0, 0.05) is 10.0 Å². The van der Waals surface area contributed by atoms with Crippen molar-refractivity contribution in [1.82, 2.24) is 9.97 Å². The van der Waals surface area contributed by atoms with Crippen LogP contribution in [0.5, 0.6) is 0 Å². The molecule has 2 rings (SSSR count). The summed E-state index contributed by atoms with van der Waals surface area (Å²) in [6.07, 6.45) is 1.79. The van der Waals surface area contributed by atoms with Gasteiger partial charge in [-0.2, -0.15) is 0 Å². The van der Waals surface area contributed by atoms with Crippen molar-refractivity contribution < 1.29 is 0 Å². The molecule has 14 heavy (non-hydrogen) atoms. The van der Waals surface area contributed by atoms with Gasteiger partial charge >= 0.3 is 0 Å². The van der Waals surface area contributed by atoms with Crippen LogP contribution in [-0.4, -0.2) is 9.97 Å². The fourth-order valence-electron chi connectivity index (χ4n) is 1.28. The Hall–Kier alpha value is -1.13. The minimum atomic E-state index is 0.435. The SMILES string of the molecule is NCc1ncc(-c2ccccc2Br)[nH]1. The molecule has 1 aromatic heterocycles. The number of imidazole rings is 1. The normalized spacial score (nSPS) is 10.4. The molecule has 1 aromatic carbocycles. The standard InChI is InChI=1S/C10H10BrN3/c11-8-4-2-1-3-7(8)9-6-13-10(5-12)14-9/h1-4,6H,5,12H2,(H,13,14). The van der Waals surface area contributed by atoms with E-state index in [1.807, 2.05) is 24.3 Å². The highest BCUT2D eigenvalue weighted by Gasteiger charge is 2.04. The van der Waals surface area contributed by atoms with Gasteiger partial charge in [0.2, 0.25) is 0 Å². The number of benzene rings is 1. The molecular formula is C10H10BrN3. The largest absolute Gasteiger partial charge is 0.341 e. The number of hydrogen-bond acceptors (Lipinski definition) is 2.